The summed E-state index contributed by atoms with van der Waals surface area (Å²) in [4.78, 5) is 12.0. The summed E-state index contributed by atoms with van der Waals surface area (Å²) in [5, 5.41) is 3.22. The van der Waals surface area contributed by atoms with Crippen molar-refractivity contribution in [2.45, 2.75) is 19.8 Å². The summed E-state index contributed by atoms with van der Waals surface area (Å²) in [7, 11) is 0. The van der Waals surface area contributed by atoms with Gasteiger partial charge in [0.15, 0.2) is 0 Å². The van der Waals surface area contributed by atoms with Crippen molar-refractivity contribution in [3.8, 4) is 0 Å². The molecule has 0 spiro atoms. The Hall–Kier alpha value is -1.55. The Morgan fingerprint density at radius 3 is 2.95 bits per heavy atom. The summed E-state index contributed by atoms with van der Waals surface area (Å²) in [5.41, 5.74) is 2.05. The fourth-order valence-electron chi connectivity index (χ4n) is 2.11. The molecular weight excluding hydrogens is 242 g/mol. The molecule has 0 aromatic heterocycles. The number of ether oxygens (including phenoxy) is 2. The van der Waals surface area contributed by atoms with Crippen LogP contribution in [-0.2, 0) is 14.3 Å². The maximum absolute atomic E-state index is 12.0. The van der Waals surface area contributed by atoms with Crippen LogP contribution in [0.1, 0.15) is 25.3 Å². The van der Waals surface area contributed by atoms with Crippen LogP contribution < -0.4 is 5.32 Å². The first-order chi connectivity index (χ1) is 9.18. The number of carbonyl (C=O) groups is 1. The lowest BCUT2D eigenvalue weighted by Gasteiger charge is -2.11. The van der Waals surface area contributed by atoms with E-state index in [0.29, 0.717) is 32.3 Å². The number of rotatable bonds is 6. The van der Waals surface area contributed by atoms with E-state index in [1.165, 1.54) is 0 Å². The Kier molecular flexibility index (Phi) is 4.80. The number of carbonyl (C=O) groups excluding carboxylic acids is 1. The van der Waals surface area contributed by atoms with Crippen molar-refractivity contribution in [3.63, 3.8) is 0 Å². The van der Waals surface area contributed by atoms with Gasteiger partial charge in [-0.25, -0.2) is 0 Å². The van der Waals surface area contributed by atoms with E-state index in [9.17, 15) is 4.79 Å². The second-order valence-corrected chi connectivity index (χ2v) is 5.16. The Labute approximate surface area is 114 Å². The van der Waals surface area contributed by atoms with Gasteiger partial charge in [0.1, 0.15) is 12.5 Å². The van der Waals surface area contributed by atoms with Crippen molar-refractivity contribution in [2.75, 3.05) is 31.7 Å². The minimum atomic E-state index is -0.193. The normalized spacial score (nSPS) is 17.1. The third-order valence-electron chi connectivity index (χ3n) is 3.04. The molecule has 1 aliphatic heterocycles. The topological polar surface area (TPSA) is 47.6 Å². The molecule has 0 saturated heterocycles. The number of nitrogens with one attached hydrogen (secondary N) is 1. The first-order valence-corrected chi connectivity index (χ1v) is 6.75. The first-order valence-electron chi connectivity index (χ1n) is 6.75. The molecule has 1 aliphatic rings. The maximum atomic E-state index is 12.0. The van der Waals surface area contributed by atoms with Gasteiger partial charge in [-0.3, -0.25) is 4.79 Å². The SMILES string of the molecule is CC(C)COCCOC(=O)C1CNc2ccccc21. The predicted molar refractivity (Wildman–Crippen MR) is 74.3 cm³/mol. The number of fused-ring (bicyclic) bond motifs is 1. The van der Waals surface area contributed by atoms with E-state index in [-0.39, 0.29) is 11.9 Å². The predicted octanol–water partition coefficient (Wildman–Crippen LogP) is 2.41. The zero-order valence-electron chi connectivity index (χ0n) is 11.5. The molecule has 104 valence electrons. The highest BCUT2D eigenvalue weighted by Crippen LogP contribution is 2.31. The molecule has 1 aromatic carbocycles. The number of para-hydroxylation sites is 1. The van der Waals surface area contributed by atoms with Gasteiger partial charge >= 0.3 is 5.97 Å². The van der Waals surface area contributed by atoms with Gasteiger partial charge in [-0.05, 0) is 17.5 Å². The van der Waals surface area contributed by atoms with Gasteiger partial charge in [0.25, 0.3) is 0 Å². The van der Waals surface area contributed by atoms with Gasteiger partial charge < -0.3 is 14.8 Å². The average Bonchev–Trinajstić information content (AvgIpc) is 2.81. The number of anilines is 1. The quantitative estimate of drug-likeness (QED) is 0.632. The molecule has 2 rings (SSSR count). The van der Waals surface area contributed by atoms with Crippen LogP contribution in [0, 0.1) is 5.92 Å². The summed E-state index contributed by atoms with van der Waals surface area (Å²) in [6.07, 6.45) is 0. The lowest BCUT2D eigenvalue weighted by atomic mass is 10.0. The van der Waals surface area contributed by atoms with E-state index in [4.69, 9.17) is 9.47 Å². The highest BCUT2D eigenvalue weighted by Gasteiger charge is 2.29. The molecule has 0 amide bonds. The standard InChI is InChI=1S/C15H21NO3/c1-11(2)10-18-7-8-19-15(17)13-9-16-14-6-4-3-5-12(13)14/h3-6,11,13,16H,7-10H2,1-2H3. The van der Waals surface area contributed by atoms with E-state index in [1.807, 2.05) is 24.3 Å². The molecule has 0 saturated carbocycles. The molecule has 1 aromatic rings. The lowest BCUT2D eigenvalue weighted by molar-refractivity contribution is -0.146. The molecule has 4 heteroatoms. The lowest BCUT2D eigenvalue weighted by Crippen LogP contribution is -2.20. The zero-order chi connectivity index (χ0) is 13.7. The van der Waals surface area contributed by atoms with E-state index in [2.05, 4.69) is 19.2 Å². The van der Waals surface area contributed by atoms with Crippen LogP contribution in [0.25, 0.3) is 0 Å². The van der Waals surface area contributed by atoms with Crippen molar-refractivity contribution < 1.29 is 14.3 Å². The van der Waals surface area contributed by atoms with Gasteiger partial charge in [-0.1, -0.05) is 32.0 Å². The van der Waals surface area contributed by atoms with Crippen LogP contribution in [0.15, 0.2) is 24.3 Å². The molecule has 0 radical (unpaired) electrons. The zero-order valence-corrected chi connectivity index (χ0v) is 11.5. The van der Waals surface area contributed by atoms with Gasteiger partial charge in [0.2, 0.25) is 0 Å². The monoisotopic (exact) mass is 263 g/mol. The average molecular weight is 263 g/mol. The van der Waals surface area contributed by atoms with Gasteiger partial charge in [0, 0.05) is 18.8 Å². The van der Waals surface area contributed by atoms with E-state index >= 15 is 0 Å². The third kappa shape index (κ3) is 3.70. The summed E-state index contributed by atoms with van der Waals surface area (Å²) in [5.74, 6) is 0.133. The van der Waals surface area contributed by atoms with Crippen LogP contribution in [-0.4, -0.2) is 32.3 Å². The summed E-state index contributed by atoms with van der Waals surface area (Å²) in [6, 6.07) is 7.85. The molecule has 0 aliphatic carbocycles. The molecule has 1 N–H and O–H groups in total. The largest absolute Gasteiger partial charge is 0.463 e. The minimum absolute atomic E-state index is 0.175. The number of hydrogen-bond acceptors (Lipinski definition) is 4. The van der Waals surface area contributed by atoms with E-state index < -0.39 is 0 Å². The molecule has 0 fully saturated rings. The number of benzene rings is 1. The van der Waals surface area contributed by atoms with Crippen LogP contribution >= 0.6 is 0 Å². The fraction of sp³-hybridized carbons (Fsp3) is 0.533. The second kappa shape index (κ2) is 6.57. The molecule has 1 unspecified atom stereocenters. The Balaban J connectivity index is 1.76. The van der Waals surface area contributed by atoms with Crippen LogP contribution in [0.5, 0.6) is 0 Å². The van der Waals surface area contributed by atoms with Crippen molar-refractivity contribution in [3.05, 3.63) is 29.8 Å². The Morgan fingerprint density at radius 1 is 1.37 bits per heavy atom. The molecular formula is C15H21NO3. The smallest absolute Gasteiger partial charge is 0.315 e. The van der Waals surface area contributed by atoms with Gasteiger partial charge in [0.05, 0.1) is 6.61 Å². The van der Waals surface area contributed by atoms with Crippen molar-refractivity contribution >= 4 is 11.7 Å². The summed E-state index contributed by atoms with van der Waals surface area (Å²) >= 11 is 0. The number of esters is 1. The highest BCUT2D eigenvalue weighted by atomic mass is 16.6. The Bertz CT molecular complexity index is 431. The Morgan fingerprint density at radius 2 is 2.16 bits per heavy atom. The van der Waals surface area contributed by atoms with Crippen molar-refractivity contribution in [1.82, 2.24) is 0 Å². The summed E-state index contributed by atoms with van der Waals surface area (Å²) in [6.45, 7) is 6.28. The summed E-state index contributed by atoms with van der Waals surface area (Å²) < 4.78 is 10.6. The van der Waals surface area contributed by atoms with Gasteiger partial charge in [-0.15, -0.1) is 0 Å². The highest BCUT2D eigenvalue weighted by molar-refractivity contribution is 5.83. The minimum Gasteiger partial charge on any atom is -0.463 e. The van der Waals surface area contributed by atoms with Gasteiger partial charge in [-0.2, -0.15) is 0 Å². The van der Waals surface area contributed by atoms with Crippen LogP contribution in [0.3, 0.4) is 0 Å². The molecule has 1 heterocycles. The van der Waals surface area contributed by atoms with E-state index in [0.717, 1.165) is 11.3 Å². The third-order valence-corrected chi connectivity index (χ3v) is 3.04. The fourth-order valence-corrected chi connectivity index (χ4v) is 2.11. The van der Waals surface area contributed by atoms with E-state index in [1.54, 1.807) is 0 Å². The molecule has 0 bridgehead atoms. The van der Waals surface area contributed by atoms with Crippen LogP contribution in [0.2, 0.25) is 0 Å². The number of hydrogen-bond donors (Lipinski definition) is 1. The molecule has 1 atom stereocenters. The van der Waals surface area contributed by atoms with Crippen molar-refractivity contribution in [2.24, 2.45) is 5.92 Å². The maximum Gasteiger partial charge on any atom is 0.315 e. The molecule has 19 heavy (non-hydrogen) atoms. The molecule has 4 nitrogen and oxygen atoms in total. The first kappa shape index (κ1) is 13.9. The van der Waals surface area contributed by atoms with Crippen molar-refractivity contribution in [1.29, 1.82) is 0 Å². The second-order valence-electron chi connectivity index (χ2n) is 5.16. The van der Waals surface area contributed by atoms with Crippen LogP contribution in [0.4, 0.5) is 5.69 Å².